The third kappa shape index (κ3) is 5.75. The predicted molar refractivity (Wildman–Crippen MR) is 134 cm³/mol. The smallest absolute Gasteiger partial charge is 0.0844 e. The first kappa shape index (κ1) is 22.0. The first-order valence-electron chi connectivity index (χ1n) is 10.7. The van der Waals surface area contributed by atoms with Crippen molar-refractivity contribution in [3.05, 3.63) is 114 Å². The highest BCUT2D eigenvalue weighted by molar-refractivity contribution is 6.47. The maximum atomic E-state index is 8.61. The second-order valence-electron chi connectivity index (χ2n) is 7.85. The fraction of sp³-hybridized carbons (Fsp3) is 0.111. The number of nitrogens with two attached hydrogens (primary N) is 1. The number of aromatic nitrogens is 2. The Kier molecular flexibility index (Phi) is 6.97. The lowest BCUT2D eigenvalue weighted by Crippen LogP contribution is -2.18. The summed E-state index contributed by atoms with van der Waals surface area (Å²) in [6.45, 7) is 1.49. The molecule has 6 heteroatoms. The van der Waals surface area contributed by atoms with Gasteiger partial charge in [0.25, 0.3) is 0 Å². The molecule has 0 bridgehead atoms. The van der Waals surface area contributed by atoms with Crippen LogP contribution in [0.1, 0.15) is 22.3 Å². The fourth-order valence-electron chi connectivity index (χ4n) is 3.64. The molecule has 4 rings (SSSR count). The van der Waals surface area contributed by atoms with Gasteiger partial charge in [-0.05, 0) is 52.6 Å². The van der Waals surface area contributed by atoms with E-state index < -0.39 is 0 Å². The van der Waals surface area contributed by atoms with E-state index in [1.54, 1.807) is 30.9 Å². The monoisotopic (exact) mass is 434 g/mol. The van der Waals surface area contributed by atoms with Crippen LogP contribution in [-0.2, 0) is 19.5 Å². The van der Waals surface area contributed by atoms with Gasteiger partial charge in [-0.25, -0.2) is 0 Å². The summed E-state index contributed by atoms with van der Waals surface area (Å²) in [4.78, 5) is 8.20. The summed E-state index contributed by atoms with van der Waals surface area (Å²) in [6, 6.07) is 21.5. The number of anilines is 1. The Balaban J connectivity index is 1.42. The molecule has 0 saturated carbocycles. The molecule has 0 aliphatic rings. The molecule has 2 aromatic carbocycles. The average Bonchev–Trinajstić information content (AvgIpc) is 2.85. The van der Waals surface area contributed by atoms with E-state index in [1.807, 2.05) is 48.5 Å². The molecule has 0 unspecified atom stereocenters. The number of pyridine rings is 2. The molecule has 0 saturated heterocycles. The van der Waals surface area contributed by atoms with Crippen molar-refractivity contribution in [2.75, 3.05) is 5.73 Å². The number of benzene rings is 2. The molecule has 0 radical (unpaired) electrons. The van der Waals surface area contributed by atoms with E-state index in [0.29, 0.717) is 17.7 Å². The predicted octanol–water partition coefficient (Wildman–Crippen LogP) is 4.65. The second-order valence-corrected chi connectivity index (χ2v) is 7.85. The lowest BCUT2D eigenvalue weighted by Gasteiger charge is -2.12. The van der Waals surface area contributed by atoms with Gasteiger partial charge in [0.2, 0.25) is 0 Å². The zero-order chi connectivity index (χ0) is 23.0. The van der Waals surface area contributed by atoms with E-state index in [4.69, 9.17) is 16.6 Å². The third-order valence-corrected chi connectivity index (χ3v) is 5.40. The van der Waals surface area contributed by atoms with E-state index in [9.17, 15) is 0 Å². The summed E-state index contributed by atoms with van der Waals surface area (Å²) >= 11 is 0. The molecule has 4 aromatic rings. The number of hydrogen-bond donors (Lipinski definition) is 4. The van der Waals surface area contributed by atoms with Crippen molar-refractivity contribution in [3.63, 3.8) is 0 Å². The van der Waals surface area contributed by atoms with Crippen molar-refractivity contribution in [1.82, 2.24) is 15.3 Å². The van der Waals surface area contributed by atoms with E-state index >= 15 is 0 Å². The average molecular weight is 435 g/mol. The maximum Gasteiger partial charge on any atom is 0.0844 e. The topological polar surface area (TPSA) is 112 Å². The van der Waals surface area contributed by atoms with Crippen LogP contribution in [-0.4, -0.2) is 21.4 Å². The van der Waals surface area contributed by atoms with Gasteiger partial charge < -0.3 is 16.5 Å². The van der Waals surface area contributed by atoms with Crippen LogP contribution in [0.4, 0.5) is 5.69 Å². The third-order valence-electron chi connectivity index (χ3n) is 5.40. The molecule has 0 spiro atoms. The minimum atomic E-state index is 0.138. The van der Waals surface area contributed by atoms with E-state index in [0.717, 1.165) is 35.3 Å². The highest BCUT2D eigenvalue weighted by Crippen LogP contribution is 2.24. The van der Waals surface area contributed by atoms with Crippen LogP contribution >= 0.6 is 0 Å². The lowest BCUT2D eigenvalue weighted by atomic mass is 9.95. The molecule has 2 aromatic heterocycles. The highest BCUT2D eigenvalue weighted by Gasteiger charge is 2.14. The van der Waals surface area contributed by atoms with Gasteiger partial charge in [-0.15, -0.1) is 0 Å². The summed E-state index contributed by atoms with van der Waals surface area (Å²) in [5, 5.41) is 20.6. The largest absolute Gasteiger partial charge is 0.398 e. The van der Waals surface area contributed by atoms with Crippen LogP contribution in [0.5, 0.6) is 0 Å². The van der Waals surface area contributed by atoms with Gasteiger partial charge in [-0.2, -0.15) is 0 Å². The normalized spacial score (nSPS) is 10.7. The van der Waals surface area contributed by atoms with Gasteiger partial charge in [0, 0.05) is 61.1 Å². The van der Waals surface area contributed by atoms with E-state index in [1.165, 1.54) is 5.56 Å². The van der Waals surface area contributed by atoms with Crippen molar-refractivity contribution in [1.29, 1.82) is 10.8 Å². The van der Waals surface area contributed by atoms with Gasteiger partial charge in [0.15, 0.2) is 0 Å². The maximum absolute atomic E-state index is 8.61. The summed E-state index contributed by atoms with van der Waals surface area (Å²) < 4.78 is 0. The van der Waals surface area contributed by atoms with Crippen LogP contribution in [0.3, 0.4) is 0 Å². The number of hydrogen-bond acceptors (Lipinski definition) is 6. The van der Waals surface area contributed by atoms with Gasteiger partial charge >= 0.3 is 0 Å². The highest BCUT2D eigenvalue weighted by atomic mass is 14.8. The van der Waals surface area contributed by atoms with E-state index in [-0.39, 0.29) is 11.4 Å². The van der Waals surface area contributed by atoms with Gasteiger partial charge in [-0.1, -0.05) is 36.4 Å². The Bertz CT molecular complexity index is 1250. The molecule has 33 heavy (non-hydrogen) atoms. The molecular formula is C27H26N6. The van der Waals surface area contributed by atoms with Crippen molar-refractivity contribution in [2.45, 2.75) is 19.5 Å². The first-order valence-corrected chi connectivity index (χ1v) is 10.7. The Labute approximate surface area is 193 Å². The zero-order valence-corrected chi connectivity index (χ0v) is 18.3. The summed E-state index contributed by atoms with van der Waals surface area (Å²) in [5.41, 5.74) is 12.8. The van der Waals surface area contributed by atoms with Crippen LogP contribution in [0.2, 0.25) is 0 Å². The molecular weight excluding hydrogens is 408 g/mol. The minimum absolute atomic E-state index is 0.138. The second kappa shape index (κ2) is 10.4. The molecule has 164 valence electrons. The number of nitrogens with zero attached hydrogens (tertiary/aromatic N) is 2. The quantitative estimate of drug-likeness (QED) is 0.227. The van der Waals surface area contributed by atoms with Crippen LogP contribution in [0.25, 0.3) is 11.1 Å². The molecule has 0 atom stereocenters. The standard InChI is InChI=1S/C27H26N6/c28-25-7-6-22(23-5-2-10-32-18-23)15-24(25)27(30)26(29)14-20-3-1-4-21(13-20)17-33-16-19-8-11-31-12-9-19/h1-13,15,18,29-30,33H,14,16-17,28H2. The van der Waals surface area contributed by atoms with Crippen molar-refractivity contribution >= 4 is 17.1 Å². The summed E-state index contributed by atoms with van der Waals surface area (Å²) in [7, 11) is 0. The molecule has 0 aliphatic carbocycles. The van der Waals surface area contributed by atoms with Crippen LogP contribution < -0.4 is 11.1 Å². The number of nitrogens with one attached hydrogen (secondary N) is 3. The molecule has 0 aliphatic heterocycles. The first-order chi connectivity index (χ1) is 16.1. The minimum Gasteiger partial charge on any atom is -0.398 e. The Morgan fingerprint density at radius 1 is 0.758 bits per heavy atom. The summed E-state index contributed by atoms with van der Waals surface area (Å²) in [5.74, 6) is 0. The van der Waals surface area contributed by atoms with Crippen molar-refractivity contribution < 1.29 is 0 Å². The fourth-order valence-corrected chi connectivity index (χ4v) is 3.64. The van der Waals surface area contributed by atoms with Crippen molar-refractivity contribution in [2.24, 2.45) is 0 Å². The Morgan fingerprint density at radius 2 is 1.55 bits per heavy atom. The number of nitrogen functional groups attached to an aromatic ring is 1. The van der Waals surface area contributed by atoms with Gasteiger partial charge in [0.1, 0.15) is 0 Å². The molecule has 5 N–H and O–H groups in total. The molecule has 0 fully saturated rings. The van der Waals surface area contributed by atoms with Gasteiger partial charge in [0.05, 0.1) is 11.4 Å². The van der Waals surface area contributed by atoms with Crippen LogP contribution in [0.15, 0.2) is 91.5 Å². The summed E-state index contributed by atoms with van der Waals surface area (Å²) in [6.07, 6.45) is 7.45. The van der Waals surface area contributed by atoms with E-state index in [2.05, 4.69) is 27.4 Å². The number of rotatable bonds is 9. The van der Waals surface area contributed by atoms with Crippen LogP contribution in [0, 0.1) is 10.8 Å². The SMILES string of the molecule is N=C(Cc1cccc(CNCc2ccncc2)c1)C(=N)c1cc(-c2cccnc2)ccc1N. The Hall–Kier alpha value is -4.16. The Morgan fingerprint density at radius 3 is 2.33 bits per heavy atom. The molecule has 2 heterocycles. The van der Waals surface area contributed by atoms with Gasteiger partial charge in [-0.3, -0.25) is 15.4 Å². The molecule has 0 amide bonds. The molecule has 6 nitrogen and oxygen atoms in total. The zero-order valence-electron chi connectivity index (χ0n) is 18.3. The lowest BCUT2D eigenvalue weighted by molar-refractivity contribution is 0.692. The van der Waals surface area contributed by atoms with Crippen molar-refractivity contribution in [3.8, 4) is 11.1 Å².